The first-order valence-corrected chi connectivity index (χ1v) is 6.37. The Bertz CT molecular complexity index is 623. The average Bonchev–Trinajstić information content (AvgIpc) is 2.34. The molecule has 2 aromatic rings. The van der Waals surface area contributed by atoms with E-state index in [1.807, 2.05) is 0 Å². The maximum Gasteiger partial charge on any atom is 0.258 e. The molecule has 19 heavy (non-hydrogen) atoms. The van der Waals surface area contributed by atoms with Gasteiger partial charge in [-0.05, 0) is 30.7 Å². The van der Waals surface area contributed by atoms with Crippen LogP contribution in [0.3, 0.4) is 0 Å². The van der Waals surface area contributed by atoms with Crippen LogP contribution in [0.2, 0.25) is 15.5 Å². The van der Waals surface area contributed by atoms with Crippen LogP contribution in [-0.2, 0) is 0 Å². The molecule has 2 rings (SSSR count). The topological polar surface area (TPSA) is 54.9 Å². The molecule has 1 N–H and O–H groups in total. The molecule has 0 atom stereocenters. The van der Waals surface area contributed by atoms with Crippen LogP contribution in [-0.4, -0.2) is 15.9 Å². The van der Waals surface area contributed by atoms with Crippen LogP contribution < -0.4 is 5.32 Å². The highest BCUT2D eigenvalue weighted by molar-refractivity contribution is 6.36. The van der Waals surface area contributed by atoms with Crippen molar-refractivity contribution in [2.45, 2.75) is 6.92 Å². The van der Waals surface area contributed by atoms with Gasteiger partial charge in [0.15, 0.2) is 5.15 Å². The summed E-state index contributed by atoms with van der Waals surface area (Å²) in [6.45, 7) is 1.76. The van der Waals surface area contributed by atoms with E-state index < -0.39 is 5.91 Å². The van der Waals surface area contributed by atoms with E-state index in [-0.39, 0.29) is 21.0 Å². The normalized spacial score (nSPS) is 10.3. The van der Waals surface area contributed by atoms with Crippen molar-refractivity contribution >= 4 is 46.4 Å². The zero-order valence-corrected chi connectivity index (χ0v) is 12.0. The molecule has 2 heterocycles. The van der Waals surface area contributed by atoms with Gasteiger partial charge in [0.25, 0.3) is 5.91 Å². The number of nitrogens with one attached hydrogen (secondary N) is 1. The molecule has 0 unspecified atom stereocenters. The highest BCUT2D eigenvalue weighted by atomic mass is 35.5. The quantitative estimate of drug-likeness (QED) is 0.852. The van der Waals surface area contributed by atoms with Crippen LogP contribution in [0.25, 0.3) is 0 Å². The van der Waals surface area contributed by atoms with E-state index in [1.165, 1.54) is 6.20 Å². The Morgan fingerprint density at radius 2 is 2.00 bits per heavy atom. The molecule has 4 nitrogen and oxygen atoms in total. The molecule has 0 saturated carbocycles. The van der Waals surface area contributed by atoms with Crippen molar-refractivity contribution in [1.82, 2.24) is 9.97 Å². The third-order valence-corrected chi connectivity index (χ3v) is 3.15. The Morgan fingerprint density at radius 3 is 2.63 bits per heavy atom. The van der Waals surface area contributed by atoms with Gasteiger partial charge in [-0.1, -0.05) is 34.8 Å². The maximum atomic E-state index is 12.1. The number of rotatable bonds is 2. The summed E-state index contributed by atoms with van der Waals surface area (Å²) in [5.74, 6) is -0.410. The number of hydrogen-bond acceptors (Lipinski definition) is 3. The summed E-state index contributed by atoms with van der Waals surface area (Å²) in [7, 11) is 0. The molecular formula is C12H8Cl3N3O. The lowest BCUT2D eigenvalue weighted by atomic mass is 10.2. The van der Waals surface area contributed by atoms with Gasteiger partial charge in [-0.15, -0.1) is 0 Å². The van der Waals surface area contributed by atoms with Gasteiger partial charge in [-0.3, -0.25) is 4.79 Å². The maximum absolute atomic E-state index is 12.1. The SMILES string of the molecule is Cc1cc(Cl)nc(Cl)c1NC(=O)c1cccnc1Cl. The molecule has 0 aliphatic rings. The van der Waals surface area contributed by atoms with Crippen molar-refractivity contribution in [3.63, 3.8) is 0 Å². The zero-order chi connectivity index (χ0) is 14.0. The number of carbonyl (C=O) groups excluding carboxylic acids is 1. The van der Waals surface area contributed by atoms with Crippen LogP contribution >= 0.6 is 34.8 Å². The van der Waals surface area contributed by atoms with Gasteiger partial charge in [-0.25, -0.2) is 9.97 Å². The van der Waals surface area contributed by atoms with E-state index >= 15 is 0 Å². The second kappa shape index (κ2) is 5.74. The van der Waals surface area contributed by atoms with E-state index in [1.54, 1.807) is 25.1 Å². The number of amides is 1. The number of hydrogen-bond donors (Lipinski definition) is 1. The molecule has 0 radical (unpaired) electrons. The summed E-state index contributed by atoms with van der Waals surface area (Å²) in [5, 5.41) is 3.15. The van der Waals surface area contributed by atoms with Crippen LogP contribution in [0.4, 0.5) is 5.69 Å². The van der Waals surface area contributed by atoms with E-state index in [2.05, 4.69) is 15.3 Å². The second-order valence-electron chi connectivity index (χ2n) is 3.72. The standard InChI is InChI=1S/C12H8Cl3N3O/c1-6-5-8(13)17-11(15)9(6)18-12(19)7-3-2-4-16-10(7)14/h2-5H,1H3,(H,18,19). The molecule has 0 bridgehead atoms. The minimum Gasteiger partial charge on any atom is -0.319 e. The highest BCUT2D eigenvalue weighted by Gasteiger charge is 2.15. The van der Waals surface area contributed by atoms with Crippen LogP contribution in [0.15, 0.2) is 24.4 Å². The lowest BCUT2D eigenvalue weighted by Crippen LogP contribution is -2.14. The van der Waals surface area contributed by atoms with Gasteiger partial charge in [0.1, 0.15) is 10.3 Å². The molecule has 0 aromatic carbocycles. The van der Waals surface area contributed by atoms with Crippen LogP contribution in [0, 0.1) is 6.92 Å². The number of halogens is 3. The number of nitrogens with zero attached hydrogens (tertiary/aromatic N) is 2. The van der Waals surface area contributed by atoms with Crippen molar-refractivity contribution in [2.24, 2.45) is 0 Å². The summed E-state index contributed by atoms with van der Waals surface area (Å²) in [5.41, 5.74) is 1.36. The molecule has 98 valence electrons. The fourth-order valence-electron chi connectivity index (χ4n) is 1.48. The van der Waals surface area contributed by atoms with Gasteiger partial charge in [-0.2, -0.15) is 0 Å². The molecule has 7 heteroatoms. The molecule has 2 aromatic heterocycles. The second-order valence-corrected chi connectivity index (χ2v) is 4.83. The highest BCUT2D eigenvalue weighted by Crippen LogP contribution is 2.27. The lowest BCUT2D eigenvalue weighted by Gasteiger charge is -2.10. The van der Waals surface area contributed by atoms with Crippen molar-refractivity contribution in [2.75, 3.05) is 5.32 Å². The Kier molecular flexibility index (Phi) is 4.24. The minimum atomic E-state index is -0.410. The largest absolute Gasteiger partial charge is 0.319 e. The van der Waals surface area contributed by atoms with Gasteiger partial charge >= 0.3 is 0 Å². The molecule has 0 fully saturated rings. The first-order valence-electron chi connectivity index (χ1n) is 5.23. The predicted octanol–water partition coefficient (Wildman–Crippen LogP) is 4.00. The molecule has 0 aliphatic carbocycles. The molecule has 0 spiro atoms. The number of pyridine rings is 2. The lowest BCUT2D eigenvalue weighted by molar-refractivity contribution is 0.102. The average molecular weight is 317 g/mol. The monoisotopic (exact) mass is 315 g/mol. The van der Waals surface area contributed by atoms with E-state index in [4.69, 9.17) is 34.8 Å². The first kappa shape index (κ1) is 14.1. The van der Waals surface area contributed by atoms with E-state index in [0.717, 1.165) is 0 Å². The van der Waals surface area contributed by atoms with Crippen LogP contribution in [0.1, 0.15) is 15.9 Å². The first-order chi connectivity index (χ1) is 8.99. The van der Waals surface area contributed by atoms with Gasteiger partial charge < -0.3 is 5.32 Å². The fraction of sp³-hybridized carbons (Fsp3) is 0.0833. The van der Waals surface area contributed by atoms with Gasteiger partial charge in [0.2, 0.25) is 0 Å². The van der Waals surface area contributed by atoms with E-state index in [0.29, 0.717) is 11.3 Å². The Morgan fingerprint density at radius 1 is 1.26 bits per heavy atom. The van der Waals surface area contributed by atoms with Crippen molar-refractivity contribution < 1.29 is 4.79 Å². The third kappa shape index (κ3) is 3.15. The summed E-state index contributed by atoms with van der Waals surface area (Å²) in [4.78, 5) is 19.8. The van der Waals surface area contributed by atoms with Gasteiger partial charge in [0.05, 0.1) is 11.3 Å². The molecule has 0 aliphatic heterocycles. The minimum absolute atomic E-state index is 0.121. The van der Waals surface area contributed by atoms with Crippen LogP contribution in [0.5, 0.6) is 0 Å². The summed E-state index contributed by atoms with van der Waals surface area (Å²) >= 11 is 17.6. The summed E-state index contributed by atoms with van der Waals surface area (Å²) in [6, 6.07) is 4.79. The summed E-state index contributed by atoms with van der Waals surface area (Å²) < 4.78 is 0. The zero-order valence-electron chi connectivity index (χ0n) is 9.75. The summed E-state index contributed by atoms with van der Waals surface area (Å²) in [6.07, 6.45) is 1.50. The molecule has 0 saturated heterocycles. The number of aromatic nitrogens is 2. The van der Waals surface area contributed by atoms with Crippen molar-refractivity contribution in [3.8, 4) is 0 Å². The molecular weight excluding hydrogens is 309 g/mol. The van der Waals surface area contributed by atoms with E-state index in [9.17, 15) is 4.79 Å². The van der Waals surface area contributed by atoms with Crippen molar-refractivity contribution in [1.29, 1.82) is 0 Å². The Balaban J connectivity index is 2.32. The molecule has 1 amide bonds. The smallest absolute Gasteiger partial charge is 0.258 e. The Labute approximate surface area is 124 Å². The third-order valence-electron chi connectivity index (χ3n) is 2.38. The number of carbonyl (C=O) groups is 1. The number of anilines is 1. The fourth-order valence-corrected chi connectivity index (χ4v) is 2.27. The van der Waals surface area contributed by atoms with Crippen molar-refractivity contribution in [3.05, 3.63) is 51.0 Å². The van der Waals surface area contributed by atoms with Gasteiger partial charge in [0, 0.05) is 6.20 Å². The predicted molar refractivity (Wildman–Crippen MR) is 76.2 cm³/mol. The number of aryl methyl sites for hydroxylation is 1. The Hall–Kier alpha value is -1.36.